The highest BCUT2D eigenvalue weighted by molar-refractivity contribution is 6.62. The van der Waals surface area contributed by atoms with Crippen molar-refractivity contribution in [2.45, 2.75) is 13.1 Å². The van der Waals surface area contributed by atoms with Crippen LogP contribution in [0.5, 0.6) is 0 Å². The maximum Gasteiger partial charge on any atom is 0.122 e. The molecule has 2 heteroatoms. The van der Waals surface area contributed by atoms with Gasteiger partial charge in [0.05, 0.1) is 8.80 Å². The summed E-state index contributed by atoms with van der Waals surface area (Å²) >= 11 is 0. The zero-order chi connectivity index (χ0) is 8.97. The first-order valence-corrected chi connectivity index (χ1v) is 6.50. The standard InChI is InChI=1S/C10H12FSi/c1-12(2)8-10(11)9-6-4-3-5-7-9/h3-8H,1-2H3. The minimum Gasteiger partial charge on any atom is -0.207 e. The van der Waals surface area contributed by atoms with Crippen LogP contribution in [0, 0.1) is 0 Å². The molecule has 1 aromatic rings. The molecule has 1 aromatic carbocycles. The normalized spacial score (nSPS) is 12.2. The van der Waals surface area contributed by atoms with E-state index >= 15 is 0 Å². The Morgan fingerprint density at radius 1 is 1.25 bits per heavy atom. The van der Waals surface area contributed by atoms with E-state index in [0.29, 0.717) is 5.56 Å². The predicted octanol–water partition coefficient (Wildman–Crippen LogP) is 3.29. The van der Waals surface area contributed by atoms with E-state index in [4.69, 9.17) is 0 Å². The summed E-state index contributed by atoms with van der Waals surface area (Å²) in [5, 5.41) is 0. The van der Waals surface area contributed by atoms with E-state index in [-0.39, 0.29) is 5.83 Å². The van der Waals surface area contributed by atoms with Gasteiger partial charge >= 0.3 is 0 Å². The molecule has 0 atom stereocenters. The van der Waals surface area contributed by atoms with Gasteiger partial charge in [-0.3, -0.25) is 0 Å². The van der Waals surface area contributed by atoms with Crippen molar-refractivity contribution >= 4 is 14.6 Å². The van der Waals surface area contributed by atoms with Crippen LogP contribution in [0.1, 0.15) is 5.56 Å². The summed E-state index contributed by atoms with van der Waals surface area (Å²) in [4.78, 5) is 0. The summed E-state index contributed by atoms with van der Waals surface area (Å²) in [6.45, 7) is 4.13. The van der Waals surface area contributed by atoms with Gasteiger partial charge in [-0.25, -0.2) is 4.39 Å². The fourth-order valence-electron chi connectivity index (χ4n) is 0.934. The molecule has 0 aliphatic rings. The van der Waals surface area contributed by atoms with Gasteiger partial charge in [0.1, 0.15) is 5.83 Å². The van der Waals surface area contributed by atoms with Gasteiger partial charge in [-0.1, -0.05) is 49.1 Å². The summed E-state index contributed by atoms with van der Waals surface area (Å²) in [6.07, 6.45) is 0. The average Bonchev–Trinajstić information content (AvgIpc) is 2.05. The Bertz CT molecular complexity index is 264. The van der Waals surface area contributed by atoms with Crippen LogP contribution >= 0.6 is 0 Å². The second-order valence-corrected chi connectivity index (χ2v) is 5.38. The van der Waals surface area contributed by atoms with E-state index in [9.17, 15) is 4.39 Å². The third-order valence-electron chi connectivity index (χ3n) is 1.46. The lowest BCUT2D eigenvalue weighted by molar-refractivity contribution is 0.761. The zero-order valence-corrected chi connectivity index (χ0v) is 8.34. The van der Waals surface area contributed by atoms with E-state index in [2.05, 4.69) is 13.1 Å². The average molecular weight is 179 g/mol. The summed E-state index contributed by atoms with van der Waals surface area (Å²) in [6, 6.07) is 9.16. The Labute approximate surface area is 74.3 Å². The maximum atomic E-state index is 13.3. The molecular weight excluding hydrogens is 167 g/mol. The molecular formula is C10H12FSi. The molecule has 0 unspecified atom stereocenters. The number of rotatable bonds is 2. The highest BCUT2D eigenvalue weighted by Crippen LogP contribution is 2.15. The molecule has 1 rings (SSSR count). The SMILES string of the molecule is C[Si](C)C=C(F)c1ccccc1. The molecule has 0 spiro atoms. The number of hydrogen-bond donors (Lipinski definition) is 0. The van der Waals surface area contributed by atoms with Gasteiger partial charge in [0.15, 0.2) is 0 Å². The summed E-state index contributed by atoms with van der Waals surface area (Å²) < 4.78 is 13.3. The molecule has 63 valence electrons. The highest BCUT2D eigenvalue weighted by Gasteiger charge is 1.99. The van der Waals surface area contributed by atoms with E-state index < -0.39 is 8.80 Å². The van der Waals surface area contributed by atoms with Crippen molar-refractivity contribution in [3.8, 4) is 0 Å². The van der Waals surface area contributed by atoms with Crippen LogP contribution in [0.4, 0.5) is 4.39 Å². The van der Waals surface area contributed by atoms with Crippen LogP contribution in [0.15, 0.2) is 36.0 Å². The molecule has 0 aromatic heterocycles. The van der Waals surface area contributed by atoms with Crippen molar-refractivity contribution in [1.29, 1.82) is 0 Å². The Hall–Kier alpha value is -0.893. The number of halogens is 1. The Morgan fingerprint density at radius 3 is 2.33 bits per heavy atom. The van der Waals surface area contributed by atoms with E-state index in [1.54, 1.807) is 17.8 Å². The van der Waals surface area contributed by atoms with Crippen molar-refractivity contribution in [2.24, 2.45) is 0 Å². The first kappa shape index (κ1) is 9.20. The Kier molecular flexibility index (Phi) is 3.23. The Balaban J connectivity index is 2.85. The molecule has 0 heterocycles. The lowest BCUT2D eigenvalue weighted by Gasteiger charge is -1.97. The first-order valence-electron chi connectivity index (χ1n) is 3.93. The number of hydrogen-bond acceptors (Lipinski definition) is 0. The largest absolute Gasteiger partial charge is 0.207 e. The molecule has 0 nitrogen and oxygen atoms in total. The summed E-state index contributed by atoms with van der Waals surface area (Å²) in [7, 11) is -0.618. The van der Waals surface area contributed by atoms with Gasteiger partial charge in [-0.2, -0.15) is 0 Å². The topological polar surface area (TPSA) is 0 Å². The van der Waals surface area contributed by atoms with Gasteiger partial charge in [0, 0.05) is 5.56 Å². The van der Waals surface area contributed by atoms with Crippen LogP contribution in [0.3, 0.4) is 0 Å². The second-order valence-electron chi connectivity index (χ2n) is 2.94. The van der Waals surface area contributed by atoms with Gasteiger partial charge in [0.25, 0.3) is 0 Å². The van der Waals surface area contributed by atoms with Crippen LogP contribution in [-0.2, 0) is 0 Å². The third kappa shape index (κ3) is 2.62. The minimum atomic E-state index is -0.618. The lowest BCUT2D eigenvalue weighted by Crippen LogP contribution is -1.94. The highest BCUT2D eigenvalue weighted by atomic mass is 28.3. The maximum absolute atomic E-state index is 13.3. The fourth-order valence-corrected chi connectivity index (χ4v) is 1.61. The summed E-state index contributed by atoms with van der Waals surface area (Å²) in [5.41, 5.74) is 2.41. The van der Waals surface area contributed by atoms with E-state index in [0.717, 1.165) is 0 Å². The molecule has 0 aliphatic carbocycles. The van der Waals surface area contributed by atoms with E-state index in [1.807, 2.05) is 18.2 Å². The van der Waals surface area contributed by atoms with Crippen molar-refractivity contribution < 1.29 is 4.39 Å². The van der Waals surface area contributed by atoms with Crippen molar-refractivity contribution in [3.05, 3.63) is 41.6 Å². The monoisotopic (exact) mass is 179 g/mol. The zero-order valence-electron chi connectivity index (χ0n) is 7.34. The molecule has 0 saturated carbocycles. The molecule has 12 heavy (non-hydrogen) atoms. The predicted molar refractivity (Wildman–Crippen MR) is 53.0 cm³/mol. The molecule has 0 bridgehead atoms. The Morgan fingerprint density at radius 2 is 1.83 bits per heavy atom. The fraction of sp³-hybridized carbons (Fsp3) is 0.200. The van der Waals surface area contributed by atoms with Crippen LogP contribution in [-0.4, -0.2) is 8.80 Å². The van der Waals surface area contributed by atoms with Crippen LogP contribution in [0.2, 0.25) is 13.1 Å². The van der Waals surface area contributed by atoms with Crippen molar-refractivity contribution in [3.63, 3.8) is 0 Å². The van der Waals surface area contributed by atoms with Gasteiger partial charge < -0.3 is 0 Å². The molecule has 0 amide bonds. The third-order valence-corrected chi connectivity index (χ3v) is 2.30. The first-order chi connectivity index (χ1) is 5.70. The minimum absolute atomic E-state index is 0.0884. The van der Waals surface area contributed by atoms with Crippen molar-refractivity contribution in [1.82, 2.24) is 0 Å². The van der Waals surface area contributed by atoms with Gasteiger partial charge in [-0.05, 0) is 0 Å². The second kappa shape index (κ2) is 4.21. The van der Waals surface area contributed by atoms with Gasteiger partial charge in [-0.15, -0.1) is 0 Å². The molecule has 1 radical (unpaired) electrons. The van der Waals surface area contributed by atoms with E-state index in [1.165, 1.54) is 0 Å². The van der Waals surface area contributed by atoms with Crippen LogP contribution < -0.4 is 0 Å². The quantitative estimate of drug-likeness (QED) is 0.611. The molecule has 0 fully saturated rings. The number of benzene rings is 1. The van der Waals surface area contributed by atoms with Gasteiger partial charge in [0.2, 0.25) is 0 Å². The molecule has 0 N–H and O–H groups in total. The molecule has 0 saturated heterocycles. The summed E-state index contributed by atoms with van der Waals surface area (Å²) in [5.74, 6) is -0.0884. The smallest absolute Gasteiger partial charge is 0.122 e. The lowest BCUT2D eigenvalue weighted by atomic mass is 10.2. The van der Waals surface area contributed by atoms with Crippen molar-refractivity contribution in [2.75, 3.05) is 0 Å². The molecule has 0 aliphatic heterocycles. The van der Waals surface area contributed by atoms with Crippen LogP contribution in [0.25, 0.3) is 5.83 Å².